The molecular weight excluding hydrogens is 250 g/mol. The van der Waals surface area contributed by atoms with Crippen LogP contribution in [0.4, 0.5) is 17.6 Å². The Morgan fingerprint density at radius 2 is 2.00 bits per heavy atom. The molecule has 0 amide bonds. The third-order valence-corrected chi connectivity index (χ3v) is 2.41. The van der Waals surface area contributed by atoms with Crippen molar-refractivity contribution in [2.75, 3.05) is 7.11 Å². The first-order valence-corrected chi connectivity index (χ1v) is 5.44. The van der Waals surface area contributed by atoms with E-state index in [1.165, 1.54) is 26.2 Å². The summed E-state index contributed by atoms with van der Waals surface area (Å²) in [6, 6.07) is 3.58. The Kier molecular flexibility index (Phi) is 4.95. The molecule has 1 unspecified atom stereocenters. The van der Waals surface area contributed by atoms with E-state index in [2.05, 4.69) is 5.32 Å². The van der Waals surface area contributed by atoms with E-state index in [0.29, 0.717) is 5.56 Å². The fourth-order valence-electron chi connectivity index (χ4n) is 1.53. The Bertz CT molecular complexity index is 392. The standard InChI is InChI=1S/C12H15F4NO/c1-8(6-12(14,15)16)17-7-9-3-4-11(18-2)10(13)5-9/h3-5,8,17H,6-7H2,1-2H3. The molecule has 1 aromatic rings. The SMILES string of the molecule is COc1ccc(CNC(C)CC(F)(F)F)cc1F. The molecule has 0 spiro atoms. The average molecular weight is 265 g/mol. The van der Waals surface area contributed by atoms with Crippen LogP contribution in [0.1, 0.15) is 18.9 Å². The molecule has 102 valence electrons. The fourth-order valence-corrected chi connectivity index (χ4v) is 1.53. The number of rotatable bonds is 5. The van der Waals surface area contributed by atoms with E-state index < -0.39 is 24.5 Å². The monoisotopic (exact) mass is 265 g/mol. The second-order valence-corrected chi connectivity index (χ2v) is 4.07. The molecule has 6 heteroatoms. The summed E-state index contributed by atoms with van der Waals surface area (Å²) in [7, 11) is 1.35. The molecule has 0 bridgehead atoms. The lowest BCUT2D eigenvalue weighted by Crippen LogP contribution is -2.30. The zero-order valence-corrected chi connectivity index (χ0v) is 10.1. The third-order valence-electron chi connectivity index (χ3n) is 2.41. The van der Waals surface area contributed by atoms with Gasteiger partial charge < -0.3 is 10.1 Å². The predicted molar refractivity (Wildman–Crippen MR) is 59.9 cm³/mol. The zero-order chi connectivity index (χ0) is 13.8. The smallest absolute Gasteiger partial charge is 0.390 e. The number of alkyl halides is 3. The van der Waals surface area contributed by atoms with E-state index in [9.17, 15) is 17.6 Å². The summed E-state index contributed by atoms with van der Waals surface area (Å²) in [6.07, 6.45) is -5.11. The lowest BCUT2D eigenvalue weighted by atomic mass is 10.1. The van der Waals surface area contributed by atoms with Gasteiger partial charge in [0, 0.05) is 12.6 Å². The average Bonchev–Trinajstić information content (AvgIpc) is 2.24. The quantitative estimate of drug-likeness (QED) is 0.825. The van der Waals surface area contributed by atoms with Crippen molar-refractivity contribution in [3.63, 3.8) is 0 Å². The molecule has 18 heavy (non-hydrogen) atoms. The number of benzene rings is 1. The van der Waals surface area contributed by atoms with Crippen LogP contribution in [0.2, 0.25) is 0 Å². The molecule has 0 saturated heterocycles. The molecule has 0 aromatic heterocycles. The van der Waals surface area contributed by atoms with E-state index in [4.69, 9.17) is 4.74 Å². The maximum atomic E-state index is 13.3. The van der Waals surface area contributed by atoms with Gasteiger partial charge in [0.15, 0.2) is 11.6 Å². The van der Waals surface area contributed by atoms with Gasteiger partial charge in [0.05, 0.1) is 13.5 Å². The number of hydrogen-bond acceptors (Lipinski definition) is 2. The van der Waals surface area contributed by atoms with Crippen LogP contribution in [0, 0.1) is 5.82 Å². The van der Waals surface area contributed by atoms with Gasteiger partial charge in [-0.2, -0.15) is 13.2 Å². The minimum atomic E-state index is -4.20. The van der Waals surface area contributed by atoms with E-state index in [1.54, 1.807) is 6.07 Å². The van der Waals surface area contributed by atoms with Crippen molar-refractivity contribution in [1.82, 2.24) is 5.32 Å². The number of halogens is 4. The minimum Gasteiger partial charge on any atom is -0.494 e. The van der Waals surface area contributed by atoms with Crippen LogP contribution in [0.15, 0.2) is 18.2 Å². The van der Waals surface area contributed by atoms with E-state index in [-0.39, 0.29) is 12.3 Å². The van der Waals surface area contributed by atoms with Gasteiger partial charge in [0.1, 0.15) is 0 Å². The Hall–Kier alpha value is -1.30. The van der Waals surface area contributed by atoms with Crippen LogP contribution in [-0.4, -0.2) is 19.3 Å². The molecule has 0 saturated carbocycles. The topological polar surface area (TPSA) is 21.3 Å². The molecule has 0 heterocycles. The third kappa shape index (κ3) is 4.91. The van der Waals surface area contributed by atoms with E-state index in [0.717, 1.165) is 0 Å². The largest absolute Gasteiger partial charge is 0.494 e. The Balaban J connectivity index is 2.51. The van der Waals surface area contributed by atoms with Gasteiger partial charge in [-0.15, -0.1) is 0 Å². The van der Waals surface area contributed by atoms with Crippen LogP contribution in [-0.2, 0) is 6.54 Å². The van der Waals surface area contributed by atoms with Gasteiger partial charge >= 0.3 is 6.18 Å². The van der Waals surface area contributed by atoms with Crippen LogP contribution >= 0.6 is 0 Å². The van der Waals surface area contributed by atoms with Gasteiger partial charge in [0.25, 0.3) is 0 Å². The van der Waals surface area contributed by atoms with Crippen LogP contribution in [0.25, 0.3) is 0 Å². The van der Waals surface area contributed by atoms with Crippen molar-refractivity contribution in [2.45, 2.75) is 32.1 Å². The number of ether oxygens (including phenoxy) is 1. The highest BCUT2D eigenvalue weighted by Crippen LogP contribution is 2.22. The summed E-state index contributed by atoms with van der Waals surface area (Å²) in [5.74, 6) is -0.414. The summed E-state index contributed by atoms with van der Waals surface area (Å²) >= 11 is 0. The first kappa shape index (κ1) is 14.8. The summed E-state index contributed by atoms with van der Waals surface area (Å²) in [4.78, 5) is 0. The Morgan fingerprint density at radius 1 is 1.33 bits per heavy atom. The van der Waals surface area contributed by atoms with E-state index >= 15 is 0 Å². The van der Waals surface area contributed by atoms with Crippen LogP contribution in [0.3, 0.4) is 0 Å². The van der Waals surface area contributed by atoms with E-state index in [1.807, 2.05) is 0 Å². The highest BCUT2D eigenvalue weighted by molar-refractivity contribution is 5.29. The first-order chi connectivity index (χ1) is 8.31. The number of methoxy groups -OCH3 is 1. The number of hydrogen-bond donors (Lipinski definition) is 1. The lowest BCUT2D eigenvalue weighted by Gasteiger charge is -2.16. The molecule has 2 nitrogen and oxygen atoms in total. The maximum Gasteiger partial charge on any atom is 0.390 e. The van der Waals surface area contributed by atoms with Crippen LogP contribution < -0.4 is 10.1 Å². The molecule has 0 aliphatic carbocycles. The van der Waals surface area contributed by atoms with Crippen molar-refractivity contribution in [3.05, 3.63) is 29.6 Å². The molecule has 1 N–H and O–H groups in total. The zero-order valence-electron chi connectivity index (χ0n) is 10.1. The molecule has 1 aromatic carbocycles. The number of nitrogens with one attached hydrogen (secondary N) is 1. The normalized spacial score (nSPS) is 13.4. The van der Waals surface area contributed by atoms with Gasteiger partial charge in [-0.1, -0.05) is 6.07 Å². The minimum absolute atomic E-state index is 0.113. The Morgan fingerprint density at radius 3 is 2.50 bits per heavy atom. The summed E-state index contributed by atoms with van der Waals surface area (Å²) < 4.78 is 54.3. The highest BCUT2D eigenvalue weighted by Gasteiger charge is 2.29. The van der Waals surface area contributed by atoms with Crippen molar-refractivity contribution in [1.29, 1.82) is 0 Å². The second kappa shape index (κ2) is 6.04. The summed E-state index contributed by atoms with van der Waals surface area (Å²) in [5.41, 5.74) is 0.572. The molecule has 0 aliphatic rings. The van der Waals surface area contributed by atoms with Gasteiger partial charge in [-0.25, -0.2) is 4.39 Å². The van der Waals surface area contributed by atoms with Crippen LogP contribution in [0.5, 0.6) is 5.75 Å². The summed E-state index contributed by atoms with van der Waals surface area (Å²) in [6.45, 7) is 1.62. The first-order valence-electron chi connectivity index (χ1n) is 5.44. The summed E-state index contributed by atoms with van der Waals surface area (Å²) in [5, 5.41) is 2.69. The van der Waals surface area contributed by atoms with Crippen molar-refractivity contribution < 1.29 is 22.3 Å². The maximum absolute atomic E-state index is 13.3. The van der Waals surface area contributed by atoms with Crippen molar-refractivity contribution in [2.24, 2.45) is 0 Å². The molecule has 1 rings (SSSR count). The second-order valence-electron chi connectivity index (χ2n) is 4.07. The molecular formula is C12H15F4NO. The lowest BCUT2D eigenvalue weighted by molar-refractivity contribution is -0.139. The molecule has 0 fully saturated rings. The van der Waals surface area contributed by atoms with Gasteiger partial charge in [0.2, 0.25) is 0 Å². The predicted octanol–water partition coefficient (Wildman–Crippen LogP) is 3.26. The Labute approximate surface area is 103 Å². The van der Waals surface area contributed by atoms with Crippen molar-refractivity contribution >= 4 is 0 Å². The molecule has 0 radical (unpaired) electrons. The molecule has 0 aliphatic heterocycles. The highest BCUT2D eigenvalue weighted by atomic mass is 19.4. The molecule has 1 atom stereocenters. The van der Waals surface area contributed by atoms with Crippen molar-refractivity contribution in [3.8, 4) is 5.75 Å². The van der Waals surface area contributed by atoms with Gasteiger partial charge in [-0.3, -0.25) is 0 Å². The fraction of sp³-hybridized carbons (Fsp3) is 0.500. The van der Waals surface area contributed by atoms with Gasteiger partial charge in [-0.05, 0) is 24.6 Å².